The number of benzene rings is 1. The van der Waals surface area contributed by atoms with Crippen molar-refractivity contribution < 1.29 is 4.74 Å². The van der Waals surface area contributed by atoms with E-state index in [2.05, 4.69) is 14.6 Å². The molecule has 3 aromatic rings. The molecule has 0 unspecified atom stereocenters. The van der Waals surface area contributed by atoms with E-state index in [4.69, 9.17) is 27.9 Å². The van der Waals surface area contributed by atoms with Gasteiger partial charge in [-0.15, -0.1) is 5.10 Å². The van der Waals surface area contributed by atoms with E-state index in [1.165, 1.54) is 11.8 Å². The van der Waals surface area contributed by atoms with Crippen LogP contribution in [0.1, 0.15) is 19.0 Å². The minimum Gasteiger partial charge on any atom is -0.382 e. The molecular formula is C16H16Cl2N4O2S2. The second-order valence-electron chi connectivity index (χ2n) is 5.35. The predicted octanol–water partition coefficient (Wildman–Crippen LogP) is 4.27. The molecule has 10 heteroatoms. The van der Waals surface area contributed by atoms with Crippen molar-refractivity contribution >= 4 is 57.4 Å². The summed E-state index contributed by atoms with van der Waals surface area (Å²) in [6.07, 6.45) is 0.723. The molecular weight excluding hydrogens is 415 g/mol. The number of rotatable bonds is 8. The predicted molar refractivity (Wildman–Crippen MR) is 107 cm³/mol. The highest BCUT2D eigenvalue weighted by molar-refractivity contribution is 7.98. The van der Waals surface area contributed by atoms with E-state index in [9.17, 15) is 4.79 Å². The first kappa shape index (κ1) is 19.6. The number of hydrogen-bond acceptors (Lipinski definition) is 7. The standard InChI is InChI=1S/C16H16Cl2N4O2S2/c1-2-24-7-3-6-22-15(23)11-5-4-10(17)8-12(11)19-16(22)25-9-13-14(18)26-21-20-13/h4-5,8H,2-3,6-7,9H2,1H3. The van der Waals surface area contributed by atoms with E-state index >= 15 is 0 Å². The van der Waals surface area contributed by atoms with E-state index in [-0.39, 0.29) is 5.56 Å². The monoisotopic (exact) mass is 430 g/mol. The molecule has 0 aliphatic heterocycles. The van der Waals surface area contributed by atoms with Gasteiger partial charge in [-0.05, 0) is 31.5 Å². The minimum atomic E-state index is -0.0897. The first-order valence-electron chi connectivity index (χ1n) is 7.97. The molecule has 2 heterocycles. The van der Waals surface area contributed by atoms with Crippen molar-refractivity contribution in [1.82, 2.24) is 19.1 Å². The summed E-state index contributed by atoms with van der Waals surface area (Å²) in [6.45, 7) is 3.71. The SMILES string of the molecule is CCOCCCn1c(SCc2nnsc2Cl)nc2cc(Cl)ccc2c1=O. The minimum absolute atomic E-state index is 0.0897. The Kier molecular flexibility index (Phi) is 6.88. The summed E-state index contributed by atoms with van der Waals surface area (Å²) in [5.74, 6) is 0.485. The van der Waals surface area contributed by atoms with Crippen LogP contribution < -0.4 is 5.56 Å². The van der Waals surface area contributed by atoms with Gasteiger partial charge in [0, 0.05) is 42.1 Å². The smallest absolute Gasteiger partial charge is 0.262 e. The summed E-state index contributed by atoms with van der Waals surface area (Å²) >= 11 is 14.7. The summed E-state index contributed by atoms with van der Waals surface area (Å²) in [5.41, 5.74) is 1.17. The Morgan fingerprint density at radius 3 is 2.92 bits per heavy atom. The van der Waals surface area contributed by atoms with Crippen LogP contribution in [0.15, 0.2) is 28.2 Å². The summed E-state index contributed by atoms with van der Waals surface area (Å²) in [7, 11) is 0. The molecule has 0 bridgehead atoms. The van der Waals surface area contributed by atoms with Gasteiger partial charge in [-0.3, -0.25) is 9.36 Å². The van der Waals surface area contributed by atoms with Crippen LogP contribution in [0.5, 0.6) is 0 Å². The number of nitrogens with zero attached hydrogens (tertiary/aromatic N) is 4. The fourth-order valence-electron chi connectivity index (χ4n) is 2.37. The molecule has 26 heavy (non-hydrogen) atoms. The lowest BCUT2D eigenvalue weighted by molar-refractivity contribution is 0.140. The van der Waals surface area contributed by atoms with Crippen molar-refractivity contribution in [2.24, 2.45) is 0 Å². The van der Waals surface area contributed by atoms with Crippen LogP contribution in [0.2, 0.25) is 9.36 Å². The van der Waals surface area contributed by atoms with Gasteiger partial charge in [0.1, 0.15) is 10.0 Å². The first-order chi connectivity index (χ1) is 12.6. The molecule has 0 radical (unpaired) electrons. The lowest BCUT2D eigenvalue weighted by Crippen LogP contribution is -2.24. The maximum absolute atomic E-state index is 12.9. The molecule has 3 rings (SSSR count). The summed E-state index contributed by atoms with van der Waals surface area (Å²) < 4.78 is 11.4. The number of ether oxygens (including phenoxy) is 1. The Hall–Kier alpha value is -1.19. The molecule has 0 amide bonds. The van der Waals surface area contributed by atoms with Crippen molar-refractivity contribution in [2.45, 2.75) is 30.8 Å². The zero-order chi connectivity index (χ0) is 18.5. The molecule has 0 saturated heterocycles. The van der Waals surface area contributed by atoms with Crippen LogP contribution in [0.4, 0.5) is 0 Å². The number of aromatic nitrogens is 4. The molecule has 0 aliphatic carbocycles. The number of thioether (sulfide) groups is 1. The van der Waals surface area contributed by atoms with Crippen LogP contribution in [0.3, 0.4) is 0 Å². The highest BCUT2D eigenvalue weighted by Crippen LogP contribution is 2.27. The highest BCUT2D eigenvalue weighted by atomic mass is 35.5. The van der Waals surface area contributed by atoms with Crippen molar-refractivity contribution in [1.29, 1.82) is 0 Å². The van der Waals surface area contributed by atoms with E-state index < -0.39 is 0 Å². The highest BCUT2D eigenvalue weighted by Gasteiger charge is 2.14. The molecule has 0 spiro atoms. The van der Waals surface area contributed by atoms with Crippen molar-refractivity contribution in [3.63, 3.8) is 0 Å². The van der Waals surface area contributed by atoms with Gasteiger partial charge in [-0.25, -0.2) is 4.98 Å². The third-order valence-corrected chi connectivity index (χ3v) is 5.81. The molecule has 0 atom stereocenters. The van der Waals surface area contributed by atoms with Gasteiger partial charge in [0.2, 0.25) is 0 Å². The van der Waals surface area contributed by atoms with Gasteiger partial charge in [-0.1, -0.05) is 39.5 Å². The molecule has 0 N–H and O–H groups in total. The first-order valence-corrected chi connectivity index (χ1v) is 10.5. The average Bonchev–Trinajstić information content (AvgIpc) is 3.03. The van der Waals surface area contributed by atoms with Gasteiger partial charge in [0.05, 0.1) is 10.9 Å². The maximum atomic E-state index is 12.9. The van der Waals surface area contributed by atoms with Crippen LogP contribution in [0, 0.1) is 0 Å². The summed E-state index contributed by atoms with van der Waals surface area (Å²) in [6, 6.07) is 5.11. The largest absolute Gasteiger partial charge is 0.382 e. The fraction of sp³-hybridized carbons (Fsp3) is 0.375. The molecule has 138 valence electrons. The number of halogens is 2. The number of hydrogen-bond donors (Lipinski definition) is 0. The Balaban J connectivity index is 1.94. The van der Waals surface area contributed by atoms with Gasteiger partial charge in [0.15, 0.2) is 5.16 Å². The van der Waals surface area contributed by atoms with E-state index in [1.54, 1.807) is 22.8 Å². The Bertz CT molecular complexity index is 961. The molecule has 0 saturated carbocycles. The molecule has 0 fully saturated rings. The van der Waals surface area contributed by atoms with E-state index in [1.807, 2.05) is 6.92 Å². The summed E-state index contributed by atoms with van der Waals surface area (Å²) in [5, 5.41) is 5.70. The van der Waals surface area contributed by atoms with Crippen molar-refractivity contribution in [3.05, 3.63) is 43.6 Å². The van der Waals surface area contributed by atoms with E-state index in [0.717, 1.165) is 18.0 Å². The number of fused-ring (bicyclic) bond motifs is 1. The fourth-order valence-corrected chi connectivity index (χ4v) is 4.29. The Morgan fingerprint density at radius 1 is 1.35 bits per heavy atom. The van der Waals surface area contributed by atoms with E-state index in [0.29, 0.717) is 56.6 Å². The maximum Gasteiger partial charge on any atom is 0.262 e. The average molecular weight is 431 g/mol. The quantitative estimate of drug-likeness (QED) is 0.301. The molecule has 0 aliphatic rings. The summed E-state index contributed by atoms with van der Waals surface area (Å²) in [4.78, 5) is 17.6. The second-order valence-corrected chi connectivity index (χ2v) is 8.08. The van der Waals surface area contributed by atoms with Crippen LogP contribution in [0.25, 0.3) is 10.9 Å². The van der Waals surface area contributed by atoms with Crippen LogP contribution in [-0.4, -0.2) is 32.4 Å². The third-order valence-electron chi connectivity index (χ3n) is 3.60. The second kappa shape index (κ2) is 9.14. The van der Waals surface area contributed by atoms with Crippen molar-refractivity contribution in [2.75, 3.05) is 13.2 Å². The molecule has 6 nitrogen and oxygen atoms in total. The molecule has 2 aromatic heterocycles. The van der Waals surface area contributed by atoms with Crippen LogP contribution in [-0.2, 0) is 17.0 Å². The Labute approximate surface area is 168 Å². The van der Waals surface area contributed by atoms with Gasteiger partial charge in [-0.2, -0.15) is 0 Å². The zero-order valence-electron chi connectivity index (χ0n) is 13.9. The van der Waals surface area contributed by atoms with Crippen molar-refractivity contribution in [3.8, 4) is 0 Å². The van der Waals surface area contributed by atoms with Gasteiger partial charge >= 0.3 is 0 Å². The third kappa shape index (κ3) is 4.55. The Morgan fingerprint density at radius 2 is 2.19 bits per heavy atom. The topological polar surface area (TPSA) is 69.9 Å². The lowest BCUT2D eigenvalue weighted by atomic mass is 10.2. The normalized spacial score (nSPS) is 11.3. The lowest BCUT2D eigenvalue weighted by Gasteiger charge is -2.13. The molecule has 1 aromatic carbocycles. The zero-order valence-corrected chi connectivity index (χ0v) is 17.1. The van der Waals surface area contributed by atoms with Crippen LogP contribution >= 0.6 is 46.5 Å². The van der Waals surface area contributed by atoms with Gasteiger partial charge < -0.3 is 4.74 Å². The van der Waals surface area contributed by atoms with Gasteiger partial charge in [0.25, 0.3) is 5.56 Å².